The lowest BCUT2D eigenvalue weighted by atomic mass is 10.1. The van der Waals surface area contributed by atoms with Crippen molar-refractivity contribution in [3.8, 4) is 0 Å². The van der Waals surface area contributed by atoms with Crippen molar-refractivity contribution in [3.05, 3.63) is 41.7 Å². The summed E-state index contributed by atoms with van der Waals surface area (Å²) in [5.74, 6) is 2.24. The summed E-state index contributed by atoms with van der Waals surface area (Å²) >= 11 is 1.56. The molecular weight excluding hydrogens is 358 g/mol. The van der Waals surface area contributed by atoms with E-state index in [-0.39, 0.29) is 22.7 Å². The molecule has 3 rings (SSSR count). The van der Waals surface area contributed by atoms with Gasteiger partial charge in [-0.05, 0) is 18.4 Å². The lowest BCUT2D eigenvalue weighted by molar-refractivity contribution is 0.602. The Balaban J connectivity index is 1.53. The van der Waals surface area contributed by atoms with Gasteiger partial charge in [-0.25, -0.2) is 8.42 Å². The van der Waals surface area contributed by atoms with E-state index in [0.717, 1.165) is 6.42 Å². The van der Waals surface area contributed by atoms with E-state index in [0.29, 0.717) is 30.5 Å². The van der Waals surface area contributed by atoms with E-state index in [1.807, 2.05) is 18.2 Å². The topological polar surface area (TPSA) is 111 Å². The Morgan fingerprint density at radius 2 is 2.00 bits per heavy atom. The van der Waals surface area contributed by atoms with Gasteiger partial charge in [0.25, 0.3) is 0 Å². The average molecular weight is 380 g/mol. The van der Waals surface area contributed by atoms with Gasteiger partial charge in [0.05, 0.1) is 17.3 Å². The largest absolute Gasteiger partial charge is 0.368 e. The minimum Gasteiger partial charge on any atom is -0.368 e. The summed E-state index contributed by atoms with van der Waals surface area (Å²) in [6.07, 6.45) is 1.55. The smallest absolute Gasteiger partial charge is 0.227 e. The molecule has 1 fully saturated rings. The maximum Gasteiger partial charge on any atom is 0.227 e. The quantitative estimate of drug-likeness (QED) is 0.745. The van der Waals surface area contributed by atoms with E-state index < -0.39 is 9.84 Å². The van der Waals surface area contributed by atoms with Crippen molar-refractivity contribution >= 4 is 33.5 Å². The molecule has 134 valence electrons. The van der Waals surface area contributed by atoms with E-state index in [4.69, 9.17) is 5.73 Å². The van der Waals surface area contributed by atoms with Gasteiger partial charge < -0.3 is 11.1 Å². The third-order valence-corrected chi connectivity index (χ3v) is 7.16. The first-order valence-corrected chi connectivity index (χ1v) is 11.0. The summed E-state index contributed by atoms with van der Waals surface area (Å²) in [4.78, 5) is 12.6. The number of rotatable bonds is 7. The first kappa shape index (κ1) is 17.9. The molecule has 0 bridgehead atoms. The van der Waals surface area contributed by atoms with Gasteiger partial charge in [-0.2, -0.15) is 15.0 Å². The highest BCUT2D eigenvalue weighted by molar-refractivity contribution is 8.01. The van der Waals surface area contributed by atoms with Crippen LogP contribution in [0.3, 0.4) is 0 Å². The summed E-state index contributed by atoms with van der Waals surface area (Å²) < 4.78 is 23.0. The molecule has 3 N–H and O–H groups in total. The number of benzene rings is 1. The molecule has 25 heavy (non-hydrogen) atoms. The number of nitrogens with zero attached hydrogens (tertiary/aromatic N) is 3. The lowest BCUT2D eigenvalue weighted by Crippen LogP contribution is -2.12. The molecule has 1 aliphatic heterocycles. The van der Waals surface area contributed by atoms with Gasteiger partial charge >= 0.3 is 0 Å². The number of thioether (sulfide) groups is 1. The van der Waals surface area contributed by atoms with Gasteiger partial charge in [-0.1, -0.05) is 30.3 Å². The Morgan fingerprint density at radius 3 is 2.72 bits per heavy atom. The number of sulfone groups is 1. The van der Waals surface area contributed by atoms with Crippen molar-refractivity contribution in [2.45, 2.75) is 23.8 Å². The molecule has 1 aliphatic rings. The number of anilines is 2. The number of nitrogens with two attached hydrogens (primary N) is 1. The summed E-state index contributed by atoms with van der Waals surface area (Å²) in [6, 6.07) is 10.1. The molecule has 2 heterocycles. The maximum absolute atomic E-state index is 11.5. The first-order chi connectivity index (χ1) is 12.0. The molecule has 0 saturated carbocycles. The number of nitrogens with one attached hydrogen (secondary N) is 1. The maximum atomic E-state index is 11.5. The number of aromatic nitrogens is 3. The zero-order valence-electron chi connectivity index (χ0n) is 13.8. The van der Waals surface area contributed by atoms with Crippen LogP contribution in [0.1, 0.15) is 17.8 Å². The molecule has 1 aromatic carbocycles. The van der Waals surface area contributed by atoms with Crippen molar-refractivity contribution in [2.75, 3.05) is 29.1 Å². The molecule has 0 aliphatic carbocycles. The van der Waals surface area contributed by atoms with Crippen LogP contribution in [0.5, 0.6) is 0 Å². The van der Waals surface area contributed by atoms with Gasteiger partial charge in [-0.15, -0.1) is 11.8 Å². The van der Waals surface area contributed by atoms with E-state index in [1.165, 1.54) is 5.56 Å². The van der Waals surface area contributed by atoms with Gasteiger partial charge in [0.2, 0.25) is 11.9 Å². The van der Waals surface area contributed by atoms with Crippen molar-refractivity contribution in [2.24, 2.45) is 0 Å². The lowest BCUT2D eigenvalue weighted by Gasteiger charge is -2.09. The molecule has 0 amide bonds. The van der Waals surface area contributed by atoms with E-state index >= 15 is 0 Å². The zero-order valence-corrected chi connectivity index (χ0v) is 15.4. The highest BCUT2D eigenvalue weighted by Crippen LogP contribution is 2.26. The molecule has 7 nitrogen and oxygen atoms in total. The third-order valence-electron chi connectivity index (χ3n) is 3.88. The Labute approximate surface area is 151 Å². The van der Waals surface area contributed by atoms with Crippen LogP contribution in [-0.2, 0) is 22.0 Å². The van der Waals surface area contributed by atoms with Crippen molar-refractivity contribution < 1.29 is 8.42 Å². The van der Waals surface area contributed by atoms with E-state index in [2.05, 4.69) is 32.4 Å². The van der Waals surface area contributed by atoms with Crippen LogP contribution in [0.25, 0.3) is 0 Å². The molecule has 1 saturated heterocycles. The Kier molecular flexibility index (Phi) is 5.74. The van der Waals surface area contributed by atoms with Crippen LogP contribution in [0.4, 0.5) is 11.9 Å². The van der Waals surface area contributed by atoms with Crippen LogP contribution in [0.15, 0.2) is 30.3 Å². The van der Waals surface area contributed by atoms with Gasteiger partial charge in [0.1, 0.15) is 5.82 Å². The number of hydrogen-bond donors (Lipinski definition) is 2. The van der Waals surface area contributed by atoms with Gasteiger partial charge in [0.15, 0.2) is 9.84 Å². The second kappa shape index (κ2) is 8.01. The fourth-order valence-electron chi connectivity index (χ4n) is 2.63. The van der Waals surface area contributed by atoms with Crippen LogP contribution in [0.2, 0.25) is 0 Å². The molecule has 9 heteroatoms. The second-order valence-electron chi connectivity index (χ2n) is 5.93. The van der Waals surface area contributed by atoms with Crippen LogP contribution in [-0.4, -0.2) is 46.7 Å². The predicted molar refractivity (Wildman–Crippen MR) is 101 cm³/mol. The molecular formula is C16H21N5O2S2. The predicted octanol–water partition coefficient (Wildman–Crippen LogP) is 1.53. The van der Waals surface area contributed by atoms with Crippen LogP contribution in [0, 0.1) is 0 Å². The molecule has 2 aromatic rings. The number of hydrogen-bond acceptors (Lipinski definition) is 8. The Hall–Kier alpha value is -1.87. The second-order valence-corrected chi connectivity index (χ2v) is 9.45. The van der Waals surface area contributed by atoms with Gasteiger partial charge in [0, 0.05) is 11.8 Å². The van der Waals surface area contributed by atoms with E-state index in [1.54, 1.807) is 11.8 Å². The van der Waals surface area contributed by atoms with Crippen molar-refractivity contribution in [1.29, 1.82) is 0 Å². The van der Waals surface area contributed by atoms with Crippen LogP contribution >= 0.6 is 11.8 Å². The fourth-order valence-corrected chi connectivity index (χ4v) is 6.13. The first-order valence-electron chi connectivity index (χ1n) is 8.10. The minimum atomic E-state index is -2.87. The Morgan fingerprint density at radius 1 is 1.20 bits per heavy atom. The third kappa shape index (κ3) is 5.57. The van der Waals surface area contributed by atoms with Crippen LogP contribution < -0.4 is 11.1 Å². The highest BCUT2D eigenvalue weighted by atomic mass is 32.2. The summed E-state index contributed by atoms with van der Waals surface area (Å²) in [5, 5.41) is 3.28. The summed E-state index contributed by atoms with van der Waals surface area (Å²) in [7, 11) is -2.87. The molecule has 0 unspecified atom stereocenters. The van der Waals surface area contributed by atoms with E-state index in [9.17, 15) is 8.42 Å². The van der Waals surface area contributed by atoms with Crippen molar-refractivity contribution in [3.63, 3.8) is 0 Å². The SMILES string of the molecule is Nc1nc(CS[C@@H]2CCS(=O)(=O)C2)nc(NCCc2ccccc2)n1. The zero-order chi connectivity index (χ0) is 17.7. The number of nitrogen functional groups attached to an aromatic ring is 1. The average Bonchev–Trinajstić information content (AvgIpc) is 2.93. The molecule has 0 radical (unpaired) electrons. The summed E-state index contributed by atoms with van der Waals surface area (Å²) in [6.45, 7) is 0.695. The molecule has 1 aromatic heterocycles. The highest BCUT2D eigenvalue weighted by Gasteiger charge is 2.28. The monoisotopic (exact) mass is 379 g/mol. The fraction of sp³-hybridized carbons (Fsp3) is 0.438. The minimum absolute atomic E-state index is 0.109. The Bertz CT molecular complexity index is 815. The molecule has 0 spiro atoms. The standard InChI is InChI=1S/C16H21N5O2S2/c17-15-19-14(10-24-13-7-9-25(22,23)11-13)20-16(21-15)18-8-6-12-4-2-1-3-5-12/h1-5,13H,6-11H2,(H3,17,18,19,20,21)/t13-/m1/s1. The molecule has 1 atom stereocenters. The van der Waals surface area contributed by atoms with Gasteiger partial charge in [-0.3, -0.25) is 0 Å². The normalized spacial score (nSPS) is 19.0. The summed E-state index contributed by atoms with van der Waals surface area (Å²) in [5.41, 5.74) is 6.99. The van der Waals surface area contributed by atoms with Crippen molar-refractivity contribution in [1.82, 2.24) is 15.0 Å².